The number of ether oxygens (including phenoxy) is 1. The maximum atomic E-state index is 11.8. The van der Waals surface area contributed by atoms with Gasteiger partial charge >= 0.3 is 59.9 Å². The van der Waals surface area contributed by atoms with E-state index in [1.165, 1.54) is 9.80 Å². The molecule has 0 aromatic heterocycles. The van der Waals surface area contributed by atoms with Crippen LogP contribution >= 0.6 is 0 Å². The fourth-order valence-electron chi connectivity index (χ4n) is 11.3. The van der Waals surface area contributed by atoms with Crippen LogP contribution in [-0.2, 0) is 71.9 Å². The van der Waals surface area contributed by atoms with Gasteiger partial charge in [-0.1, -0.05) is 40.9 Å². The van der Waals surface area contributed by atoms with Gasteiger partial charge in [-0.2, -0.15) is 0 Å². The summed E-state index contributed by atoms with van der Waals surface area (Å²) in [6, 6.07) is -10.6. The van der Waals surface area contributed by atoms with Crippen LogP contribution in [0.4, 0.5) is 9.59 Å². The Labute approximate surface area is 742 Å². The van der Waals surface area contributed by atoms with Crippen LogP contribution in [-0.4, -0.2) is 364 Å². The van der Waals surface area contributed by atoms with E-state index < -0.39 is 121 Å². The molecule has 6 aliphatic heterocycles. The topological polar surface area (TPSA) is 1110 Å². The highest BCUT2D eigenvalue weighted by Gasteiger charge is 2.34. The third-order valence-corrected chi connectivity index (χ3v) is 18.6. The van der Waals surface area contributed by atoms with E-state index in [9.17, 15) is 76.7 Å². The lowest BCUT2D eigenvalue weighted by molar-refractivity contribution is -0.142. The summed E-state index contributed by atoms with van der Waals surface area (Å²) in [4.78, 5) is 204. The number of Topliss-reactive ketones (excluding diaryl/α,β-unsaturated/α-hetero) is 1. The van der Waals surface area contributed by atoms with E-state index in [0.717, 1.165) is 12.8 Å². The van der Waals surface area contributed by atoms with Gasteiger partial charge in [-0.3, -0.25) is 67.1 Å². The summed E-state index contributed by atoms with van der Waals surface area (Å²) in [5, 5.41) is 105. The van der Waals surface area contributed by atoms with E-state index in [4.69, 9.17) is 131 Å². The molecule has 0 aromatic carbocycles. The maximum Gasteiger partial charge on any atom is 0.407 e. The number of nitrogens with zero attached hydrogens (tertiary/aromatic N) is 29. The Hall–Kier alpha value is -14.6. The normalized spacial score (nSPS) is 19.1. The minimum atomic E-state index is -1.25. The molecule has 15 atom stereocenters. The third-order valence-electron chi connectivity index (χ3n) is 18.6. The Kier molecular flexibility index (Phi) is 62.1. The highest BCUT2D eigenvalue weighted by Crippen LogP contribution is 2.21. The number of likely N-dealkylation sites (tertiary alicyclic amines) is 5. The van der Waals surface area contributed by atoms with Crippen molar-refractivity contribution in [2.24, 2.45) is 98.6 Å². The number of carbonyl (C=O) groups excluding carboxylic acids is 8. The molecule has 0 saturated carbocycles. The van der Waals surface area contributed by atoms with Crippen LogP contribution < -0.4 is 67.1 Å². The van der Waals surface area contributed by atoms with Crippen molar-refractivity contribution < 1.29 is 122 Å². The van der Waals surface area contributed by atoms with Gasteiger partial charge in [-0.05, 0) is 114 Å². The van der Waals surface area contributed by atoms with E-state index in [0.29, 0.717) is 117 Å². The zero-order valence-electron chi connectivity index (χ0n) is 70.8. The van der Waals surface area contributed by atoms with Gasteiger partial charge in [-0.15, -0.1) is 0 Å². The van der Waals surface area contributed by atoms with Crippen LogP contribution in [0.3, 0.4) is 0 Å². The van der Waals surface area contributed by atoms with E-state index in [1.807, 2.05) is 0 Å². The summed E-state index contributed by atoms with van der Waals surface area (Å²) in [6.45, 7) is 5.86. The van der Waals surface area contributed by atoms with Crippen LogP contribution in [0.5, 0.6) is 0 Å². The first-order valence-electron chi connectivity index (χ1n) is 39.6. The molecule has 0 aliphatic carbocycles. The van der Waals surface area contributed by atoms with Crippen molar-refractivity contribution in [2.75, 3.05) is 124 Å². The summed E-state index contributed by atoms with van der Waals surface area (Å²) < 4.78 is 4.45. The van der Waals surface area contributed by atoms with Gasteiger partial charge in [0.05, 0.1) is 43.1 Å². The lowest BCUT2D eigenvalue weighted by atomic mass is 10.1. The number of hydrogen-bond acceptors (Lipinski definition) is 34. The van der Waals surface area contributed by atoms with Gasteiger partial charge < -0.3 is 137 Å². The lowest BCUT2D eigenvalue weighted by Crippen LogP contribution is -2.47. The molecule has 6 heterocycles. The minimum absolute atomic E-state index is 0.0878. The molecule has 66 heteroatoms. The highest BCUT2D eigenvalue weighted by molar-refractivity contribution is 5.87. The van der Waals surface area contributed by atoms with E-state index in [1.54, 1.807) is 14.7 Å². The first-order chi connectivity index (χ1) is 61.9. The molecule has 0 radical (unpaired) electrons. The second-order valence-electron chi connectivity index (χ2n) is 28.7. The minimum Gasteiger partial charge on any atom is -0.480 e. The highest BCUT2D eigenvalue weighted by atomic mass is 16.6. The maximum absolute atomic E-state index is 11.8. The number of carboxylic acid groups (broad SMARTS) is 8. The molecule has 6 fully saturated rings. The zero-order chi connectivity index (χ0) is 99.7. The number of nitrogens with one attached hydrogen (secondary N) is 4. The molecule has 6 saturated heterocycles. The Morgan fingerprint density at radius 3 is 1.14 bits per heavy atom. The van der Waals surface area contributed by atoms with Crippen LogP contribution in [0.15, 0.2) is 40.9 Å². The van der Waals surface area contributed by atoms with Crippen molar-refractivity contribution in [3.8, 4) is 0 Å². The fourth-order valence-corrected chi connectivity index (χ4v) is 11.3. The molecule has 66 nitrogen and oxygen atoms in total. The predicted octanol–water partition coefficient (Wildman–Crippen LogP) is -2.00. The van der Waals surface area contributed by atoms with Crippen molar-refractivity contribution in [2.45, 2.75) is 175 Å². The number of nitrogens with two attached hydrogens (primary N) is 8. The van der Waals surface area contributed by atoms with E-state index >= 15 is 0 Å². The SMILES string of the molecule is [N-]=[N+]=NC1CCN(C(=O)CC[C@H](N)C(=O)O)C1.[N-]=[N+]=NC1CCN(C(=O)C[C@H](N)C(=O)O)C1.[N-]=[N+]=NC1CCN(C(=O)NC[C@H](N)C(=O)O)C1.[N-]=[N+]=NC1CNC(C(=O)NC[C@H](N)C(=O)O)C1.[N-]=[N+]=NCC1CCN(C(=O)CC[C@H](N)C(=O)O)C1.[N-]=[N+]=NCC1CCN(C(=O)C[C@H](N)C(=O)O)C1.[N-]=[N+]=NCCCC(=O)C[C@H](N)C(=O)O.[N-]=[N+]=NCCNC(=O)OC[C@H](N)C(=O)O. The largest absolute Gasteiger partial charge is 0.480 e. The van der Waals surface area contributed by atoms with Crippen molar-refractivity contribution in [3.05, 3.63) is 83.5 Å². The number of amides is 8. The molecule has 6 rings (SSSR count). The molecular weight excluding hydrogens is 1750 g/mol. The van der Waals surface area contributed by atoms with Gasteiger partial charge in [0.25, 0.3) is 0 Å². The summed E-state index contributed by atoms with van der Waals surface area (Å²) >= 11 is 0. The van der Waals surface area contributed by atoms with Crippen molar-refractivity contribution in [1.29, 1.82) is 0 Å². The number of hydrogen-bond donors (Lipinski definition) is 20. The zero-order valence-corrected chi connectivity index (χ0v) is 70.8. The van der Waals surface area contributed by atoms with E-state index in [-0.39, 0.29) is 155 Å². The first kappa shape index (κ1) is 118. The summed E-state index contributed by atoms with van der Waals surface area (Å²) in [6.07, 6.45) is 3.60. The smallest absolute Gasteiger partial charge is 0.407 e. The predicted molar refractivity (Wildman–Crippen MR) is 449 cm³/mol. The second-order valence-corrected chi connectivity index (χ2v) is 28.7. The fraction of sp³-hybridized carbons (Fsp3) is 0.754. The van der Waals surface area contributed by atoms with Crippen LogP contribution in [0.2, 0.25) is 0 Å². The Balaban J connectivity index is 0. The van der Waals surface area contributed by atoms with Crippen LogP contribution in [0.25, 0.3) is 83.5 Å². The average molecular weight is 1870 g/mol. The van der Waals surface area contributed by atoms with Crippen molar-refractivity contribution >= 4 is 95.2 Å². The van der Waals surface area contributed by atoms with Gasteiger partial charge in [0.2, 0.25) is 29.5 Å². The Bertz CT molecular complexity index is 4040. The molecule has 8 amide bonds. The molecule has 0 aromatic rings. The number of rotatable bonds is 42. The van der Waals surface area contributed by atoms with E-state index in [2.05, 4.69) is 106 Å². The molecular formula is C65H111N41O25. The summed E-state index contributed by atoms with van der Waals surface area (Å²) in [5.41, 5.74) is 107. The van der Waals surface area contributed by atoms with Gasteiger partial charge in [-0.25, -0.2) is 9.59 Å². The summed E-state index contributed by atoms with van der Waals surface area (Å²) in [5.74, 6) is -10.3. The Morgan fingerprint density at radius 1 is 0.382 bits per heavy atom. The van der Waals surface area contributed by atoms with Crippen molar-refractivity contribution in [1.82, 2.24) is 45.8 Å². The monoisotopic (exact) mass is 1870 g/mol. The molecule has 28 N–H and O–H groups in total. The third kappa shape index (κ3) is 54.9. The van der Waals surface area contributed by atoms with Gasteiger partial charge in [0.1, 0.15) is 60.7 Å². The van der Waals surface area contributed by atoms with Crippen molar-refractivity contribution in [3.63, 3.8) is 0 Å². The average Bonchev–Trinajstić information content (AvgIpc) is 1.76. The number of urea groups is 1. The number of alkyl carbamates (subject to hydrolysis) is 1. The quantitative estimate of drug-likeness (QED) is 0.0136. The molecule has 7 unspecified atom stereocenters. The standard InChI is InChI=1S/C10H17N5O3.2C9H15N5O3.2C8H14N6O3.C8H13N5O3.C7H12N4O3.C6H11N5O4/c11-8(10(17)18)1-2-9(16)15-4-3-7(6-15)5-13-14-12;10-7(9(16)17)3-8(15)14-2-1-6(5-14)4-12-13-11;10-7(9(16)17)1-2-8(15)14-4-3-6(5-14)12-13-11;9-5(8(16)17)3-12-7(15)6-1-4(2-11-6)13-14-10;9-6(7(15)16)3-11-8(17)14-2-1-5(4-14)12-13-10;9-6(8(15)16)3-7(14)13-2-1-5(4-13)11-12-10;8-6(7(13)14)4-5(12)2-1-3-10-11-9;7-4(5(12)13)3-15-6(14)9-1-2-10-11-8/h7-8H,1-6,11H2,(H,17,18);2*6-7H,1-5,10H2,(H,16,17);4-6,11H,1-3,9H2,(H,12,15)(H,16,17);5-6H,1-4,9H2,(H,11,17)(H,15,16);5-6H,1-4,9H2,(H,15,16);6H,1-4,8H2,(H,13,14);4H,1-3,7H2,(H,9,14)(H,12,13)/t7?,8-;2*6?,7-;4?,5-,6?;2*5?,6-;6-;4-/m00000000/s1. The number of aliphatic carboxylic acids is 8. The molecule has 726 valence electrons. The van der Waals surface area contributed by atoms with Crippen LogP contribution in [0.1, 0.15) is 96.3 Å². The molecule has 0 spiro atoms. The number of carbonyl (C=O) groups is 16. The molecule has 131 heavy (non-hydrogen) atoms. The molecule has 0 bridgehead atoms. The van der Waals surface area contributed by atoms with Gasteiger partial charge in [0, 0.05) is 183 Å². The first-order valence-corrected chi connectivity index (χ1v) is 39.6. The van der Waals surface area contributed by atoms with Crippen LogP contribution in [0, 0.1) is 11.8 Å². The number of azide groups is 8. The second kappa shape index (κ2) is 68.6. The lowest BCUT2D eigenvalue weighted by Gasteiger charge is -2.17. The number of ketones is 1. The number of carboxylic acids is 8. The Morgan fingerprint density at radius 2 is 0.733 bits per heavy atom. The van der Waals surface area contributed by atoms with Gasteiger partial charge in [0.15, 0.2) is 0 Å². The molecule has 6 aliphatic rings. The summed E-state index contributed by atoms with van der Waals surface area (Å²) in [7, 11) is 0.